The number of carbonyl (C=O) groups excluding carboxylic acids is 8. The van der Waals surface area contributed by atoms with Gasteiger partial charge in [0.2, 0.25) is 29.5 Å². The second-order valence-corrected chi connectivity index (χ2v) is 13.9. The molecule has 0 saturated heterocycles. The van der Waals surface area contributed by atoms with Gasteiger partial charge in [0.15, 0.2) is 23.3 Å². The molecule has 9 atom stereocenters. The molecule has 0 aliphatic heterocycles. The zero-order valence-corrected chi connectivity index (χ0v) is 32.9. The van der Waals surface area contributed by atoms with Gasteiger partial charge in [-0.05, 0) is 59.4 Å². The van der Waals surface area contributed by atoms with E-state index in [0.717, 1.165) is 0 Å². The number of aliphatic hydroxyl groups excluding tert-OH is 3. The number of Topliss-reactive ketones (excluding diaryl/α,β-unsaturated/α-hetero) is 3. The third-order valence-electron chi connectivity index (χ3n) is 8.69. The second kappa shape index (κ2) is 26.6. The zero-order valence-electron chi connectivity index (χ0n) is 32.0. The minimum absolute atomic E-state index is 0.0884. The normalized spacial score (nSPS) is 16.0. The van der Waals surface area contributed by atoms with Crippen molar-refractivity contribution in [2.45, 2.75) is 115 Å². The monoisotopic (exact) mass is 803 g/mol. The summed E-state index contributed by atoms with van der Waals surface area (Å²) in [7, 11) is 0. The van der Waals surface area contributed by atoms with Crippen LogP contribution in [0.5, 0.6) is 0 Å². The fraction of sp³-hybridized carbons (Fsp3) is 0.735. The summed E-state index contributed by atoms with van der Waals surface area (Å²) in [5.74, 6) is -10.2. The van der Waals surface area contributed by atoms with Crippen LogP contribution in [0, 0.1) is 17.8 Å². The topological polar surface area (TPSA) is 362 Å². The number of nitrogens with zero attached hydrogens (tertiary/aromatic N) is 1. The molecule has 0 spiro atoms. The first-order valence-corrected chi connectivity index (χ1v) is 18.7. The first-order valence-electron chi connectivity index (χ1n) is 18.1. The molecule has 0 aromatic rings. The molecular formula is C34H61N9O11S. The fourth-order valence-electron chi connectivity index (χ4n) is 5.41. The molecule has 0 aliphatic carbocycles. The third-order valence-corrected chi connectivity index (χ3v) is 9.05. The van der Waals surface area contributed by atoms with Crippen LogP contribution in [0.2, 0.25) is 0 Å². The predicted molar refractivity (Wildman–Crippen MR) is 205 cm³/mol. The summed E-state index contributed by atoms with van der Waals surface area (Å²) in [6.45, 7) is 5.06. The SMILES string of the molecule is CC(=O)NCC(=O)CC(CCCN=C(N)N)C(=O)NC(C(=O)CC(C(=O)NC(CS)C(=O)CC(C(=O)NC(CCCCN)C(N)=O)C(C)O)C(C)O)C(C)O. The molecule has 0 saturated carbocycles. The van der Waals surface area contributed by atoms with Crippen LogP contribution < -0.4 is 44.2 Å². The van der Waals surface area contributed by atoms with Crippen LogP contribution in [-0.4, -0.2) is 130 Å². The lowest BCUT2D eigenvalue weighted by molar-refractivity contribution is -0.139. The maximum atomic E-state index is 13.5. The molecule has 314 valence electrons. The summed E-state index contributed by atoms with van der Waals surface area (Å²) in [5, 5.41) is 40.9. The molecule has 0 fully saturated rings. The van der Waals surface area contributed by atoms with E-state index in [2.05, 4.69) is 38.9 Å². The van der Waals surface area contributed by atoms with E-state index >= 15 is 0 Å². The Labute approximate surface area is 326 Å². The average Bonchev–Trinajstić information content (AvgIpc) is 3.09. The number of hydrogen-bond acceptors (Lipinski definition) is 14. The summed E-state index contributed by atoms with van der Waals surface area (Å²) in [6, 6.07) is -4.01. The molecule has 5 amide bonds. The van der Waals surface area contributed by atoms with Crippen LogP contribution in [-0.2, 0) is 38.4 Å². The van der Waals surface area contributed by atoms with Crippen LogP contribution in [0.1, 0.15) is 79.1 Å². The van der Waals surface area contributed by atoms with E-state index in [1.807, 2.05) is 0 Å². The van der Waals surface area contributed by atoms with E-state index in [9.17, 15) is 53.7 Å². The van der Waals surface area contributed by atoms with Crippen molar-refractivity contribution in [3.8, 4) is 0 Å². The Hall–Kier alpha value is -4.18. The van der Waals surface area contributed by atoms with Gasteiger partial charge in [-0.1, -0.05) is 0 Å². The van der Waals surface area contributed by atoms with Gasteiger partial charge in [0.25, 0.3) is 0 Å². The number of rotatable bonds is 29. The maximum absolute atomic E-state index is 13.5. The molecule has 0 bridgehead atoms. The molecule has 0 rings (SSSR count). The Balaban J connectivity index is 5.91. The van der Waals surface area contributed by atoms with Gasteiger partial charge in [-0.15, -0.1) is 0 Å². The van der Waals surface area contributed by atoms with Crippen molar-refractivity contribution in [3.05, 3.63) is 0 Å². The van der Waals surface area contributed by atoms with Gasteiger partial charge in [-0.3, -0.25) is 43.3 Å². The van der Waals surface area contributed by atoms with Crippen LogP contribution in [0.3, 0.4) is 0 Å². The van der Waals surface area contributed by atoms with Gasteiger partial charge < -0.3 is 59.5 Å². The highest BCUT2D eigenvalue weighted by Gasteiger charge is 2.37. The van der Waals surface area contributed by atoms with Crippen molar-refractivity contribution in [2.75, 3.05) is 25.4 Å². The van der Waals surface area contributed by atoms with Crippen LogP contribution in [0.25, 0.3) is 0 Å². The number of guanidine groups is 1. The molecule has 0 aliphatic rings. The van der Waals surface area contributed by atoms with Gasteiger partial charge in [-0.25, -0.2) is 0 Å². The third kappa shape index (κ3) is 20.4. The standard InChI is InChI=1S/C34H61N9O11S/c1-17(44)23(32(53)41-25(30(36)51)9-5-6-10-35)13-27(49)26(16-55)42-33(54)24(18(2)45)14-28(50)29(19(3)46)43-31(52)21(8-7-11-39-34(37)38)12-22(48)15-40-20(4)47/h17-19,21,23-26,29,44-46,55H,5-16,35H2,1-4H3,(H2,36,51)(H,40,47)(H,41,53)(H,42,54)(H,43,52)(H4,37,38,39). The Morgan fingerprint density at radius 2 is 1.24 bits per heavy atom. The van der Waals surface area contributed by atoms with Crippen molar-refractivity contribution < 1.29 is 53.7 Å². The average molecular weight is 804 g/mol. The molecule has 0 heterocycles. The Bertz CT molecular complexity index is 1340. The lowest BCUT2D eigenvalue weighted by Crippen LogP contribution is -2.53. The van der Waals surface area contributed by atoms with Crippen molar-refractivity contribution in [1.82, 2.24) is 21.3 Å². The lowest BCUT2D eigenvalue weighted by atomic mass is 9.90. The van der Waals surface area contributed by atoms with Crippen LogP contribution in [0.4, 0.5) is 0 Å². The zero-order chi connectivity index (χ0) is 42.4. The van der Waals surface area contributed by atoms with E-state index in [1.54, 1.807) is 0 Å². The number of nitrogens with one attached hydrogen (secondary N) is 4. The Morgan fingerprint density at radius 3 is 1.69 bits per heavy atom. The Morgan fingerprint density at radius 1 is 0.691 bits per heavy atom. The molecule has 20 nitrogen and oxygen atoms in total. The Kier molecular flexibility index (Phi) is 24.6. The summed E-state index contributed by atoms with van der Waals surface area (Å²) in [5.41, 5.74) is 21.6. The number of thiol groups is 1. The number of hydrogen-bond donors (Lipinski definition) is 12. The highest BCUT2D eigenvalue weighted by Crippen LogP contribution is 2.18. The van der Waals surface area contributed by atoms with Crippen molar-refractivity contribution >= 4 is 65.5 Å². The largest absolute Gasteiger partial charge is 0.393 e. The van der Waals surface area contributed by atoms with E-state index < -0.39 is 114 Å². The smallest absolute Gasteiger partial charge is 0.239 e. The minimum atomic E-state index is -1.58. The number of amides is 5. The van der Waals surface area contributed by atoms with Gasteiger partial charge in [0.05, 0.1) is 42.7 Å². The number of nitrogens with two attached hydrogens (primary N) is 4. The van der Waals surface area contributed by atoms with Crippen LogP contribution in [0.15, 0.2) is 4.99 Å². The second-order valence-electron chi connectivity index (χ2n) is 13.6. The minimum Gasteiger partial charge on any atom is -0.393 e. The fourth-order valence-corrected chi connectivity index (χ4v) is 5.71. The number of ketones is 3. The number of unbranched alkanes of at least 4 members (excludes halogenated alkanes) is 1. The first-order chi connectivity index (χ1) is 25.7. The van der Waals surface area contributed by atoms with E-state index in [4.69, 9.17) is 22.9 Å². The molecule has 9 unspecified atom stereocenters. The van der Waals surface area contributed by atoms with Crippen molar-refractivity contribution in [3.63, 3.8) is 0 Å². The first kappa shape index (κ1) is 50.8. The lowest BCUT2D eigenvalue weighted by Gasteiger charge is -2.27. The van der Waals surface area contributed by atoms with E-state index in [0.29, 0.717) is 19.4 Å². The number of carbonyl (C=O) groups is 8. The molecule has 21 heteroatoms. The molecule has 0 aromatic heterocycles. The summed E-state index contributed by atoms with van der Waals surface area (Å²) < 4.78 is 0. The van der Waals surface area contributed by atoms with Gasteiger partial charge in [0, 0.05) is 44.4 Å². The van der Waals surface area contributed by atoms with E-state index in [1.165, 1.54) is 27.7 Å². The molecule has 0 radical (unpaired) electrons. The number of aliphatic imine (C=N–C) groups is 1. The number of primary amides is 1. The quantitative estimate of drug-likeness (QED) is 0.0149. The van der Waals surface area contributed by atoms with Crippen molar-refractivity contribution in [1.29, 1.82) is 0 Å². The predicted octanol–water partition coefficient (Wildman–Crippen LogP) is -3.96. The molecule has 15 N–H and O–H groups in total. The summed E-state index contributed by atoms with van der Waals surface area (Å²) >= 11 is 4.13. The summed E-state index contributed by atoms with van der Waals surface area (Å²) in [6.07, 6.45) is -4.35. The summed E-state index contributed by atoms with van der Waals surface area (Å²) in [4.78, 5) is 106. The number of aliphatic hydroxyl groups is 3. The van der Waals surface area contributed by atoms with Gasteiger partial charge >= 0.3 is 0 Å². The highest BCUT2D eigenvalue weighted by atomic mass is 32.1. The molecule has 0 aromatic carbocycles. The van der Waals surface area contributed by atoms with Gasteiger partial charge in [-0.2, -0.15) is 12.6 Å². The molecular weight excluding hydrogens is 742 g/mol. The van der Waals surface area contributed by atoms with Crippen molar-refractivity contribution in [2.24, 2.45) is 45.7 Å². The van der Waals surface area contributed by atoms with Crippen LogP contribution >= 0.6 is 12.6 Å². The highest BCUT2D eigenvalue weighted by molar-refractivity contribution is 7.80. The van der Waals surface area contributed by atoms with E-state index in [-0.39, 0.29) is 50.5 Å². The molecule has 55 heavy (non-hydrogen) atoms. The maximum Gasteiger partial charge on any atom is 0.239 e. The van der Waals surface area contributed by atoms with Gasteiger partial charge in [0.1, 0.15) is 12.1 Å².